The van der Waals surface area contributed by atoms with Crippen molar-refractivity contribution in [2.75, 3.05) is 6.54 Å². The molecule has 0 aromatic heterocycles. The van der Waals surface area contributed by atoms with Gasteiger partial charge in [0.25, 0.3) is 0 Å². The Morgan fingerprint density at radius 1 is 1.38 bits per heavy atom. The number of carbonyl (C=O) groups is 1. The molecule has 0 rings (SSSR count). The zero-order chi connectivity index (χ0) is 12.9. The lowest BCUT2D eigenvalue weighted by Gasteiger charge is -2.19. The average Bonchev–Trinajstić information content (AvgIpc) is 2.12. The first-order valence-corrected chi connectivity index (χ1v) is 5.79. The Kier molecular flexibility index (Phi) is 5.73. The summed E-state index contributed by atoms with van der Waals surface area (Å²) in [7, 11) is 0. The van der Waals surface area contributed by atoms with Crippen molar-refractivity contribution in [3.8, 4) is 0 Å². The second kappa shape index (κ2) is 6.04. The molecule has 1 atom stereocenters. The van der Waals surface area contributed by atoms with E-state index in [1.165, 1.54) is 0 Å². The first-order valence-electron chi connectivity index (χ1n) is 5.79. The summed E-state index contributed by atoms with van der Waals surface area (Å²) in [5.74, 6) is 0.0279. The number of aliphatic hydroxyl groups excluding tert-OH is 1. The molecule has 16 heavy (non-hydrogen) atoms. The van der Waals surface area contributed by atoms with E-state index in [1.807, 2.05) is 20.8 Å². The third-order valence-corrected chi connectivity index (χ3v) is 2.79. The molecule has 0 saturated heterocycles. The number of amides is 1. The first kappa shape index (κ1) is 15.2. The van der Waals surface area contributed by atoms with Gasteiger partial charge in [0.15, 0.2) is 0 Å². The molecule has 0 fully saturated rings. The Bertz CT molecular complexity index is 262. The number of aliphatic hydroxyl groups is 1. The number of allylic oxidation sites excluding steroid dienone is 1. The second-order valence-electron chi connectivity index (χ2n) is 5.63. The number of hydrogen-bond donors (Lipinski definition) is 2. The minimum atomic E-state index is -0.479. The molecule has 0 heterocycles. The minimum Gasteiger partial charge on any atom is -0.391 e. The van der Waals surface area contributed by atoms with Gasteiger partial charge in [0.2, 0.25) is 5.91 Å². The molecule has 1 unspecified atom stereocenters. The van der Waals surface area contributed by atoms with Crippen LogP contribution in [0.25, 0.3) is 0 Å². The van der Waals surface area contributed by atoms with Crippen molar-refractivity contribution in [1.82, 2.24) is 5.32 Å². The van der Waals surface area contributed by atoms with Gasteiger partial charge in [-0.15, -0.1) is 0 Å². The highest BCUT2D eigenvalue weighted by molar-refractivity contribution is 5.88. The topological polar surface area (TPSA) is 49.3 Å². The highest BCUT2D eigenvalue weighted by atomic mass is 16.3. The minimum absolute atomic E-state index is 0.00794. The quantitative estimate of drug-likeness (QED) is 0.723. The average molecular weight is 227 g/mol. The molecule has 0 aliphatic carbocycles. The van der Waals surface area contributed by atoms with E-state index in [-0.39, 0.29) is 17.2 Å². The van der Waals surface area contributed by atoms with Crippen LogP contribution in [0.5, 0.6) is 0 Å². The molecule has 1 amide bonds. The van der Waals surface area contributed by atoms with Gasteiger partial charge in [-0.2, -0.15) is 0 Å². The fourth-order valence-electron chi connectivity index (χ4n) is 0.905. The summed E-state index contributed by atoms with van der Waals surface area (Å²) in [6, 6.07) is 0. The van der Waals surface area contributed by atoms with Gasteiger partial charge in [0.1, 0.15) is 0 Å². The van der Waals surface area contributed by atoms with Gasteiger partial charge in [-0.05, 0) is 18.3 Å². The number of nitrogens with one attached hydrogen (secondary N) is 1. The van der Waals surface area contributed by atoms with E-state index in [0.29, 0.717) is 6.54 Å². The van der Waals surface area contributed by atoms with Crippen molar-refractivity contribution in [3.05, 3.63) is 11.6 Å². The van der Waals surface area contributed by atoms with Gasteiger partial charge in [-0.1, -0.05) is 40.2 Å². The van der Waals surface area contributed by atoms with Crippen LogP contribution in [0.1, 0.15) is 41.5 Å². The molecule has 0 spiro atoms. The summed E-state index contributed by atoms with van der Waals surface area (Å²) < 4.78 is 0. The molecule has 94 valence electrons. The Balaban J connectivity index is 4.20. The number of hydrogen-bond acceptors (Lipinski definition) is 2. The maximum Gasteiger partial charge on any atom is 0.244 e. The van der Waals surface area contributed by atoms with Gasteiger partial charge >= 0.3 is 0 Å². The van der Waals surface area contributed by atoms with Gasteiger partial charge in [0.05, 0.1) is 6.10 Å². The summed E-state index contributed by atoms with van der Waals surface area (Å²) in [6.45, 7) is 12.3. The summed E-state index contributed by atoms with van der Waals surface area (Å²) in [6.07, 6.45) is 1.12. The molecule has 0 saturated carbocycles. The van der Waals surface area contributed by atoms with Crippen LogP contribution in [0.15, 0.2) is 11.6 Å². The first-order chi connectivity index (χ1) is 7.14. The molecule has 0 aliphatic rings. The van der Waals surface area contributed by atoms with E-state index >= 15 is 0 Å². The molecule has 0 aromatic rings. The number of carbonyl (C=O) groups excluding carboxylic acids is 1. The molecule has 2 N–H and O–H groups in total. The summed E-state index contributed by atoms with van der Waals surface area (Å²) in [5, 5.41) is 12.2. The van der Waals surface area contributed by atoms with Crippen molar-refractivity contribution < 1.29 is 9.90 Å². The predicted molar refractivity (Wildman–Crippen MR) is 67.1 cm³/mol. The van der Waals surface area contributed by atoms with Crippen LogP contribution < -0.4 is 5.32 Å². The Hall–Kier alpha value is -0.830. The molecule has 0 radical (unpaired) electrons. The van der Waals surface area contributed by atoms with E-state index in [0.717, 1.165) is 5.57 Å². The monoisotopic (exact) mass is 227 g/mol. The summed E-state index contributed by atoms with van der Waals surface area (Å²) in [5.41, 5.74) is 1.04. The fraction of sp³-hybridized carbons (Fsp3) is 0.769. The molecular weight excluding hydrogens is 202 g/mol. The van der Waals surface area contributed by atoms with E-state index in [2.05, 4.69) is 26.1 Å². The van der Waals surface area contributed by atoms with Crippen LogP contribution in [0.3, 0.4) is 0 Å². The standard InChI is InChI=1S/C13H25NO2/c1-9(2)11(15)8-14-12(16)7-10(3)13(4,5)6/h7,9,11,15H,8H2,1-6H3,(H,14,16)/b10-7-. The zero-order valence-corrected chi connectivity index (χ0v) is 11.3. The van der Waals surface area contributed by atoms with Gasteiger partial charge in [0, 0.05) is 12.6 Å². The smallest absolute Gasteiger partial charge is 0.244 e. The van der Waals surface area contributed by atoms with Crippen molar-refractivity contribution in [3.63, 3.8) is 0 Å². The third kappa shape index (κ3) is 5.91. The Morgan fingerprint density at radius 3 is 2.25 bits per heavy atom. The van der Waals surface area contributed by atoms with Gasteiger partial charge in [-0.25, -0.2) is 0 Å². The largest absolute Gasteiger partial charge is 0.391 e. The molecule has 3 heteroatoms. The van der Waals surface area contributed by atoms with E-state index < -0.39 is 6.10 Å². The second-order valence-corrected chi connectivity index (χ2v) is 5.63. The SMILES string of the molecule is C/C(=C/C(=O)NCC(O)C(C)C)C(C)(C)C. The molecule has 3 nitrogen and oxygen atoms in total. The lowest BCUT2D eigenvalue weighted by atomic mass is 9.87. The van der Waals surface area contributed by atoms with Crippen molar-refractivity contribution in [2.45, 2.75) is 47.6 Å². The predicted octanol–water partition coefficient (Wildman–Crippen LogP) is 2.11. The lowest BCUT2D eigenvalue weighted by Crippen LogP contribution is -2.34. The lowest BCUT2D eigenvalue weighted by molar-refractivity contribution is -0.117. The number of rotatable bonds is 4. The Labute approximate surface area is 98.9 Å². The normalized spacial score (nSPS) is 15.1. The maximum absolute atomic E-state index is 11.5. The van der Waals surface area contributed by atoms with Crippen LogP contribution in [-0.2, 0) is 4.79 Å². The van der Waals surface area contributed by atoms with Crippen LogP contribution in [0.2, 0.25) is 0 Å². The van der Waals surface area contributed by atoms with E-state index in [4.69, 9.17) is 0 Å². The maximum atomic E-state index is 11.5. The highest BCUT2D eigenvalue weighted by Crippen LogP contribution is 2.23. The highest BCUT2D eigenvalue weighted by Gasteiger charge is 2.14. The van der Waals surface area contributed by atoms with Crippen LogP contribution >= 0.6 is 0 Å². The van der Waals surface area contributed by atoms with Crippen LogP contribution in [-0.4, -0.2) is 23.7 Å². The van der Waals surface area contributed by atoms with Gasteiger partial charge < -0.3 is 10.4 Å². The van der Waals surface area contributed by atoms with Gasteiger partial charge in [-0.3, -0.25) is 4.79 Å². The molecular formula is C13H25NO2. The molecule has 0 aromatic carbocycles. The third-order valence-electron chi connectivity index (χ3n) is 2.79. The molecule has 0 aliphatic heterocycles. The van der Waals surface area contributed by atoms with E-state index in [1.54, 1.807) is 6.08 Å². The molecule has 0 bridgehead atoms. The van der Waals surface area contributed by atoms with Crippen molar-refractivity contribution in [1.29, 1.82) is 0 Å². The summed E-state index contributed by atoms with van der Waals surface area (Å²) in [4.78, 5) is 11.5. The van der Waals surface area contributed by atoms with Crippen LogP contribution in [0.4, 0.5) is 0 Å². The van der Waals surface area contributed by atoms with E-state index in [9.17, 15) is 9.90 Å². The zero-order valence-electron chi connectivity index (χ0n) is 11.3. The fourth-order valence-corrected chi connectivity index (χ4v) is 0.905. The van der Waals surface area contributed by atoms with Crippen molar-refractivity contribution >= 4 is 5.91 Å². The summed E-state index contributed by atoms with van der Waals surface area (Å²) >= 11 is 0. The Morgan fingerprint density at radius 2 is 1.88 bits per heavy atom. The van der Waals surface area contributed by atoms with Crippen molar-refractivity contribution in [2.24, 2.45) is 11.3 Å². The van der Waals surface area contributed by atoms with Crippen LogP contribution in [0, 0.1) is 11.3 Å².